The minimum atomic E-state index is -0.0314. The van der Waals surface area contributed by atoms with Crippen molar-refractivity contribution >= 4 is 11.3 Å². The topological polar surface area (TPSA) is 34.1 Å². The first-order chi connectivity index (χ1) is 8.03. The fourth-order valence-electron chi connectivity index (χ4n) is 1.59. The average Bonchev–Trinajstić information content (AvgIpc) is 2.79. The van der Waals surface area contributed by atoms with E-state index in [-0.39, 0.29) is 5.54 Å². The van der Waals surface area contributed by atoms with Crippen LogP contribution in [0.15, 0.2) is 5.38 Å². The lowest BCUT2D eigenvalue weighted by Gasteiger charge is -2.27. The number of nitrogens with one attached hydrogen (secondary N) is 1. The van der Waals surface area contributed by atoms with E-state index in [2.05, 4.69) is 38.4 Å². The van der Waals surface area contributed by atoms with E-state index in [1.165, 1.54) is 10.7 Å². The molecule has 0 aliphatic carbocycles. The summed E-state index contributed by atoms with van der Waals surface area (Å²) in [6.07, 6.45) is 1.03. The maximum Gasteiger partial charge on any atom is 0.113 e. The van der Waals surface area contributed by atoms with Crippen LogP contribution in [0, 0.1) is 0 Å². The van der Waals surface area contributed by atoms with Gasteiger partial charge in [0.2, 0.25) is 0 Å². The van der Waals surface area contributed by atoms with Crippen LogP contribution in [0.25, 0.3) is 0 Å². The van der Waals surface area contributed by atoms with E-state index in [9.17, 15) is 0 Å². The first kappa shape index (κ1) is 14.6. The molecule has 0 bridgehead atoms. The molecule has 1 heterocycles. The van der Waals surface area contributed by atoms with Crippen LogP contribution in [0.4, 0.5) is 0 Å². The monoisotopic (exact) mass is 256 g/mol. The number of nitrogens with zero attached hydrogens (tertiary/aromatic N) is 1. The molecule has 4 heteroatoms. The highest BCUT2D eigenvalue weighted by Gasteiger charge is 2.27. The molecule has 0 radical (unpaired) electrons. The van der Waals surface area contributed by atoms with Crippen LogP contribution in [0.5, 0.6) is 0 Å². The highest BCUT2D eigenvalue weighted by atomic mass is 32.1. The normalized spacial score (nSPS) is 15.2. The molecule has 1 atom stereocenters. The van der Waals surface area contributed by atoms with Crippen molar-refractivity contribution in [3.05, 3.63) is 16.1 Å². The Hall–Kier alpha value is -0.450. The number of aromatic nitrogens is 1. The van der Waals surface area contributed by atoms with E-state index < -0.39 is 0 Å². The highest BCUT2D eigenvalue weighted by molar-refractivity contribution is 7.09. The fraction of sp³-hybridized carbons (Fsp3) is 0.769. The summed E-state index contributed by atoms with van der Waals surface area (Å²) >= 11 is 1.75. The molecular weight excluding hydrogens is 232 g/mol. The van der Waals surface area contributed by atoms with E-state index in [1.54, 1.807) is 18.4 Å². The molecule has 0 aromatic carbocycles. The predicted octanol–water partition coefficient (Wildman–Crippen LogP) is 3.13. The molecule has 0 amide bonds. The third-order valence-corrected chi connectivity index (χ3v) is 4.24. The molecule has 0 aliphatic rings. The molecule has 17 heavy (non-hydrogen) atoms. The van der Waals surface area contributed by atoms with Gasteiger partial charge in [0.25, 0.3) is 0 Å². The molecule has 0 aliphatic heterocycles. The van der Waals surface area contributed by atoms with Gasteiger partial charge >= 0.3 is 0 Å². The Kier molecular flexibility index (Phi) is 5.56. The first-order valence-corrected chi connectivity index (χ1v) is 7.11. The van der Waals surface area contributed by atoms with Crippen molar-refractivity contribution in [1.29, 1.82) is 0 Å². The number of rotatable bonds is 7. The number of ether oxygens (including phenoxy) is 1. The van der Waals surface area contributed by atoms with E-state index in [1.807, 2.05) is 0 Å². The van der Waals surface area contributed by atoms with Crippen LogP contribution >= 0.6 is 11.3 Å². The van der Waals surface area contributed by atoms with Crippen LogP contribution in [-0.4, -0.2) is 25.2 Å². The van der Waals surface area contributed by atoms with Crippen molar-refractivity contribution < 1.29 is 4.74 Å². The Labute approximate surface area is 109 Å². The van der Waals surface area contributed by atoms with Crippen molar-refractivity contribution in [2.24, 2.45) is 0 Å². The van der Waals surface area contributed by atoms with Gasteiger partial charge in [-0.05, 0) is 19.3 Å². The van der Waals surface area contributed by atoms with E-state index in [0.717, 1.165) is 19.6 Å². The van der Waals surface area contributed by atoms with Crippen molar-refractivity contribution in [3.8, 4) is 0 Å². The predicted molar refractivity (Wildman–Crippen MR) is 73.7 cm³/mol. The second-order valence-electron chi connectivity index (χ2n) is 4.84. The van der Waals surface area contributed by atoms with Gasteiger partial charge in [0, 0.05) is 19.0 Å². The summed E-state index contributed by atoms with van der Waals surface area (Å²) in [5, 5.41) is 6.89. The Bertz CT molecular complexity index is 338. The van der Waals surface area contributed by atoms with E-state index >= 15 is 0 Å². The number of thiazole rings is 1. The Morgan fingerprint density at radius 1 is 1.53 bits per heavy atom. The maximum atomic E-state index is 5.08. The zero-order valence-corrected chi connectivity index (χ0v) is 12.4. The van der Waals surface area contributed by atoms with Crippen molar-refractivity contribution in [2.75, 3.05) is 20.3 Å². The quantitative estimate of drug-likeness (QED) is 0.761. The largest absolute Gasteiger partial charge is 0.383 e. The van der Waals surface area contributed by atoms with Gasteiger partial charge in [-0.1, -0.05) is 20.8 Å². The Morgan fingerprint density at radius 2 is 2.24 bits per heavy atom. The summed E-state index contributed by atoms with van der Waals surface area (Å²) in [4.78, 5) is 4.75. The molecule has 0 saturated heterocycles. The lowest BCUT2D eigenvalue weighted by molar-refractivity contribution is 0.185. The van der Waals surface area contributed by atoms with Crippen LogP contribution in [0.3, 0.4) is 0 Å². The lowest BCUT2D eigenvalue weighted by atomic mass is 10.00. The molecular formula is C13H24N2OS. The summed E-state index contributed by atoms with van der Waals surface area (Å²) in [7, 11) is 1.73. The molecule has 98 valence electrons. The standard InChI is InChI=1S/C13H24N2OS/c1-6-13(4,14-7-8-16-5)12-15-11(9-17-12)10(2)3/h9-10,14H,6-8H2,1-5H3. The van der Waals surface area contributed by atoms with Gasteiger partial charge in [-0.25, -0.2) is 4.98 Å². The minimum absolute atomic E-state index is 0.0314. The van der Waals surface area contributed by atoms with Crippen molar-refractivity contribution in [2.45, 2.75) is 45.6 Å². The van der Waals surface area contributed by atoms with Crippen molar-refractivity contribution in [1.82, 2.24) is 10.3 Å². The third-order valence-electron chi connectivity index (χ3n) is 3.11. The Morgan fingerprint density at radius 3 is 2.71 bits per heavy atom. The van der Waals surface area contributed by atoms with Gasteiger partial charge in [0.05, 0.1) is 17.8 Å². The van der Waals surface area contributed by atoms with Gasteiger partial charge in [-0.3, -0.25) is 0 Å². The summed E-state index contributed by atoms with van der Waals surface area (Å²) in [5.74, 6) is 0.500. The molecule has 0 saturated carbocycles. The fourth-order valence-corrected chi connectivity index (χ4v) is 2.78. The van der Waals surface area contributed by atoms with Crippen LogP contribution in [0.1, 0.15) is 50.7 Å². The zero-order chi connectivity index (χ0) is 12.9. The van der Waals surface area contributed by atoms with Gasteiger partial charge in [-0.2, -0.15) is 0 Å². The van der Waals surface area contributed by atoms with Crippen LogP contribution < -0.4 is 5.32 Å². The number of hydrogen-bond acceptors (Lipinski definition) is 4. The summed E-state index contributed by atoms with van der Waals surface area (Å²) in [5.41, 5.74) is 1.16. The molecule has 1 aromatic rings. The van der Waals surface area contributed by atoms with Crippen LogP contribution in [-0.2, 0) is 10.3 Å². The minimum Gasteiger partial charge on any atom is -0.383 e. The van der Waals surface area contributed by atoms with E-state index in [4.69, 9.17) is 9.72 Å². The van der Waals surface area contributed by atoms with Crippen molar-refractivity contribution in [3.63, 3.8) is 0 Å². The van der Waals surface area contributed by atoms with Gasteiger partial charge in [0.1, 0.15) is 5.01 Å². The number of hydrogen-bond donors (Lipinski definition) is 1. The summed E-state index contributed by atoms with van der Waals surface area (Å²) < 4.78 is 5.08. The molecule has 1 rings (SSSR count). The summed E-state index contributed by atoms with van der Waals surface area (Å²) in [6.45, 7) is 10.4. The second-order valence-corrected chi connectivity index (χ2v) is 5.70. The van der Waals surface area contributed by atoms with Crippen LogP contribution in [0.2, 0.25) is 0 Å². The third kappa shape index (κ3) is 3.76. The zero-order valence-electron chi connectivity index (χ0n) is 11.5. The average molecular weight is 256 g/mol. The molecule has 1 aromatic heterocycles. The molecule has 3 nitrogen and oxygen atoms in total. The number of methoxy groups -OCH3 is 1. The van der Waals surface area contributed by atoms with E-state index in [0.29, 0.717) is 5.92 Å². The first-order valence-electron chi connectivity index (χ1n) is 6.23. The second kappa shape index (κ2) is 6.47. The van der Waals surface area contributed by atoms with Gasteiger partial charge in [0.15, 0.2) is 0 Å². The van der Waals surface area contributed by atoms with Gasteiger partial charge < -0.3 is 10.1 Å². The summed E-state index contributed by atoms with van der Waals surface area (Å²) in [6, 6.07) is 0. The maximum absolute atomic E-state index is 5.08. The Balaban J connectivity index is 2.76. The van der Waals surface area contributed by atoms with Gasteiger partial charge in [-0.15, -0.1) is 11.3 Å². The smallest absolute Gasteiger partial charge is 0.113 e. The SMILES string of the molecule is CCC(C)(NCCOC)c1nc(C(C)C)cs1. The lowest BCUT2D eigenvalue weighted by Crippen LogP contribution is -2.40. The highest BCUT2D eigenvalue weighted by Crippen LogP contribution is 2.29. The molecule has 1 unspecified atom stereocenters. The molecule has 1 N–H and O–H groups in total. The molecule has 0 fully saturated rings. The molecule has 0 spiro atoms.